The maximum atomic E-state index is 13.8. The van der Waals surface area contributed by atoms with E-state index in [4.69, 9.17) is 16.3 Å². The second-order valence-corrected chi connectivity index (χ2v) is 8.76. The van der Waals surface area contributed by atoms with Gasteiger partial charge in [0.1, 0.15) is 12.4 Å². The van der Waals surface area contributed by atoms with Gasteiger partial charge in [0, 0.05) is 38.9 Å². The van der Waals surface area contributed by atoms with E-state index in [1.165, 1.54) is 12.3 Å². The van der Waals surface area contributed by atoms with Crippen molar-refractivity contribution >= 4 is 28.3 Å². The third kappa shape index (κ3) is 5.06. The van der Waals surface area contributed by atoms with Gasteiger partial charge in [-0.15, -0.1) is 0 Å². The molecule has 7 heteroatoms. The number of benzene rings is 4. The Labute approximate surface area is 216 Å². The van der Waals surface area contributed by atoms with Gasteiger partial charge in [0.15, 0.2) is 5.78 Å². The summed E-state index contributed by atoms with van der Waals surface area (Å²) in [5, 5.41) is 0.786. The highest BCUT2D eigenvalue weighted by Crippen LogP contribution is 2.39. The van der Waals surface area contributed by atoms with Crippen molar-refractivity contribution in [2.45, 2.75) is 12.8 Å². The molecule has 1 aromatic heterocycles. The molecule has 0 aliphatic heterocycles. The van der Waals surface area contributed by atoms with Crippen LogP contribution in [0.4, 0.5) is 13.2 Å². The number of hydrogen-bond acceptors (Lipinski definition) is 3. The minimum Gasteiger partial charge on any atom is -0.489 e. The van der Waals surface area contributed by atoms with Gasteiger partial charge in [0.05, 0.1) is 11.1 Å². The molecule has 0 aliphatic carbocycles. The summed E-state index contributed by atoms with van der Waals surface area (Å²) in [6.07, 6.45) is -3.38. The number of ketones is 1. The summed E-state index contributed by atoms with van der Waals surface area (Å²) >= 11 is 6.23. The Morgan fingerprint density at radius 2 is 1.59 bits per heavy atom. The van der Waals surface area contributed by atoms with Gasteiger partial charge in [-0.25, -0.2) is 0 Å². The first kappa shape index (κ1) is 24.5. The molecular weight excluding hydrogens is 499 g/mol. The number of carbonyl (C=O) groups is 1. The van der Waals surface area contributed by atoms with Crippen LogP contribution in [-0.4, -0.2) is 10.8 Å². The van der Waals surface area contributed by atoms with E-state index in [9.17, 15) is 18.0 Å². The highest BCUT2D eigenvalue weighted by Gasteiger charge is 2.34. The Morgan fingerprint density at radius 3 is 2.35 bits per heavy atom. The predicted octanol–water partition coefficient (Wildman–Crippen LogP) is 8.38. The summed E-state index contributed by atoms with van der Waals surface area (Å²) in [5.41, 5.74) is 1.19. The van der Waals surface area contributed by atoms with E-state index in [2.05, 4.69) is 4.98 Å². The van der Waals surface area contributed by atoms with E-state index in [-0.39, 0.29) is 28.9 Å². The van der Waals surface area contributed by atoms with Crippen LogP contribution in [-0.2, 0) is 12.8 Å². The summed E-state index contributed by atoms with van der Waals surface area (Å²) in [5.74, 6) is 0.136. The van der Waals surface area contributed by atoms with Gasteiger partial charge in [-0.05, 0) is 29.8 Å². The van der Waals surface area contributed by atoms with E-state index in [0.29, 0.717) is 27.5 Å². The van der Waals surface area contributed by atoms with Crippen LogP contribution in [0.25, 0.3) is 22.0 Å². The first-order chi connectivity index (χ1) is 17.8. The Balaban J connectivity index is 1.66. The number of halogens is 4. The number of fused-ring (bicyclic) bond motifs is 1. The largest absolute Gasteiger partial charge is 0.489 e. The summed E-state index contributed by atoms with van der Waals surface area (Å²) in [6.45, 7) is 0.203. The van der Waals surface area contributed by atoms with Crippen molar-refractivity contribution in [2.75, 3.05) is 0 Å². The summed E-state index contributed by atoms with van der Waals surface area (Å²) < 4.78 is 47.3. The molecule has 0 fully saturated rings. The van der Waals surface area contributed by atoms with Crippen molar-refractivity contribution in [3.63, 3.8) is 0 Å². The Hall–Kier alpha value is -4.16. The lowest BCUT2D eigenvalue weighted by Crippen LogP contribution is -2.09. The third-order valence-corrected chi connectivity index (χ3v) is 6.33. The van der Waals surface area contributed by atoms with Crippen molar-refractivity contribution in [3.05, 3.63) is 131 Å². The Kier molecular flexibility index (Phi) is 6.68. The number of aromatic nitrogens is 1. The zero-order valence-corrected chi connectivity index (χ0v) is 20.1. The molecule has 0 atom stereocenters. The molecule has 0 saturated heterocycles. The molecule has 0 radical (unpaired) electrons. The number of rotatable bonds is 6. The lowest BCUT2D eigenvalue weighted by molar-refractivity contribution is -0.136. The second-order valence-electron chi connectivity index (χ2n) is 8.35. The fraction of sp³-hybridized carbons (Fsp3) is 0.0667. The summed E-state index contributed by atoms with van der Waals surface area (Å²) in [7, 11) is 0. The normalized spacial score (nSPS) is 11.5. The van der Waals surface area contributed by atoms with E-state index in [1.54, 1.807) is 66.7 Å². The zero-order chi connectivity index (χ0) is 26.0. The molecule has 184 valence electrons. The minimum absolute atomic E-state index is 0.196. The number of hydrogen-bond donors (Lipinski definition) is 0. The van der Waals surface area contributed by atoms with Crippen molar-refractivity contribution < 1.29 is 22.7 Å². The maximum absolute atomic E-state index is 13.8. The molecule has 1 heterocycles. The molecule has 0 N–H and O–H groups in total. The first-order valence-electron chi connectivity index (χ1n) is 11.4. The minimum atomic E-state index is -4.60. The summed E-state index contributed by atoms with van der Waals surface area (Å²) in [6, 6.07) is 26.6. The van der Waals surface area contributed by atoms with E-state index < -0.39 is 11.7 Å². The van der Waals surface area contributed by atoms with Crippen molar-refractivity contribution in [2.24, 2.45) is 0 Å². The van der Waals surface area contributed by atoms with E-state index in [0.717, 1.165) is 11.6 Å². The van der Waals surface area contributed by atoms with E-state index >= 15 is 0 Å². The van der Waals surface area contributed by atoms with Crippen LogP contribution in [0.1, 0.15) is 27.0 Å². The topological polar surface area (TPSA) is 39.2 Å². The molecule has 0 amide bonds. The molecule has 5 rings (SSSR count). The van der Waals surface area contributed by atoms with Crippen LogP contribution in [0.3, 0.4) is 0 Å². The number of alkyl halides is 3. The number of carbonyl (C=O) groups excluding carboxylic acids is 1. The van der Waals surface area contributed by atoms with Gasteiger partial charge in [-0.3, -0.25) is 9.78 Å². The highest BCUT2D eigenvalue weighted by molar-refractivity contribution is 6.31. The molecule has 0 saturated carbocycles. The van der Waals surface area contributed by atoms with Crippen molar-refractivity contribution in [1.82, 2.24) is 4.98 Å². The average molecular weight is 518 g/mol. The SMILES string of the molecule is O=C(c1ccccc1)c1cnc2c(C(F)(F)F)cccc2c1-c1cccc(OCc2ccccc2Cl)c1. The second kappa shape index (κ2) is 10.1. The molecule has 5 aromatic rings. The monoisotopic (exact) mass is 517 g/mol. The van der Waals surface area contributed by atoms with Crippen LogP contribution < -0.4 is 4.74 Å². The standard InChI is InChI=1S/C30H19ClF3NO2/c31-26-15-5-4-10-21(26)18-37-22-12-6-11-20(16-22)27-23-13-7-14-25(30(32,33)34)28(23)35-17-24(27)29(36)19-8-2-1-3-9-19/h1-17H,18H2. The van der Waals surface area contributed by atoms with Gasteiger partial charge in [0.2, 0.25) is 0 Å². The smallest absolute Gasteiger partial charge is 0.418 e. The molecule has 0 unspecified atom stereocenters. The third-order valence-electron chi connectivity index (χ3n) is 5.96. The van der Waals surface area contributed by atoms with Gasteiger partial charge in [0.25, 0.3) is 0 Å². The Bertz CT molecular complexity index is 1600. The first-order valence-corrected chi connectivity index (χ1v) is 11.8. The number of nitrogens with zero attached hydrogens (tertiary/aromatic N) is 1. The molecule has 37 heavy (non-hydrogen) atoms. The van der Waals surface area contributed by atoms with Crippen LogP contribution in [0.2, 0.25) is 5.02 Å². The number of ether oxygens (including phenoxy) is 1. The molecule has 4 aromatic carbocycles. The van der Waals surface area contributed by atoms with Crippen LogP contribution >= 0.6 is 11.6 Å². The fourth-order valence-electron chi connectivity index (χ4n) is 4.20. The van der Waals surface area contributed by atoms with Gasteiger partial charge >= 0.3 is 6.18 Å². The molecule has 0 spiro atoms. The van der Waals surface area contributed by atoms with Crippen molar-refractivity contribution in [1.29, 1.82) is 0 Å². The average Bonchev–Trinajstić information content (AvgIpc) is 2.91. The van der Waals surface area contributed by atoms with Crippen LogP contribution in [0.5, 0.6) is 5.75 Å². The lowest BCUT2D eigenvalue weighted by atomic mass is 9.91. The molecular formula is C30H19ClF3NO2. The van der Waals surface area contributed by atoms with Crippen LogP contribution in [0.15, 0.2) is 103 Å². The highest BCUT2D eigenvalue weighted by atomic mass is 35.5. The molecule has 0 bridgehead atoms. The maximum Gasteiger partial charge on any atom is 0.418 e. The Morgan fingerprint density at radius 1 is 0.865 bits per heavy atom. The fourth-order valence-corrected chi connectivity index (χ4v) is 4.39. The lowest BCUT2D eigenvalue weighted by Gasteiger charge is -2.16. The van der Waals surface area contributed by atoms with E-state index in [1.807, 2.05) is 18.2 Å². The zero-order valence-electron chi connectivity index (χ0n) is 19.3. The van der Waals surface area contributed by atoms with Gasteiger partial charge in [-0.1, -0.05) is 84.4 Å². The number of pyridine rings is 1. The van der Waals surface area contributed by atoms with Gasteiger partial charge in [-0.2, -0.15) is 13.2 Å². The predicted molar refractivity (Wildman–Crippen MR) is 138 cm³/mol. The molecule has 3 nitrogen and oxygen atoms in total. The van der Waals surface area contributed by atoms with Crippen molar-refractivity contribution in [3.8, 4) is 16.9 Å². The summed E-state index contributed by atoms with van der Waals surface area (Å²) in [4.78, 5) is 17.6. The quantitative estimate of drug-likeness (QED) is 0.212. The van der Waals surface area contributed by atoms with Gasteiger partial charge < -0.3 is 4.74 Å². The van der Waals surface area contributed by atoms with Crippen LogP contribution in [0, 0.1) is 0 Å². The number of para-hydroxylation sites is 1. The molecule has 0 aliphatic rings.